The molecule has 0 saturated carbocycles. The van der Waals surface area contributed by atoms with Gasteiger partial charge in [-0.25, -0.2) is 13.4 Å². The summed E-state index contributed by atoms with van der Waals surface area (Å²) in [6.07, 6.45) is 2.35. The molecule has 0 saturated heterocycles. The van der Waals surface area contributed by atoms with Gasteiger partial charge in [-0.1, -0.05) is 12.1 Å². The van der Waals surface area contributed by atoms with Crippen molar-refractivity contribution >= 4 is 32.2 Å². The van der Waals surface area contributed by atoms with Crippen LogP contribution in [0.5, 0.6) is 0 Å². The molecule has 5 nitrogen and oxygen atoms in total. The lowest BCUT2D eigenvalue weighted by molar-refractivity contribution is -0.114. The number of hydrogen-bond donors (Lipinski definition) is 1. The van der Waals surface area contributed by atoms with E-state index in [4.69, 9.17) is 0 Å². The molecule has 2 aromatic rings. The van der Waals surface area contributed by atoms with E-state index in [-0.39, 0.29) is 5.91 Å². The number of anilines is 1. The van der Waals surface area contributed by atoms with Crippen molar-refractivity contribution in [2.75, 3.05) is 11.6 Å². The molecule has 1 heterocycles. The number of sulfone groups is 1. The van der Waals surface area contributed by atoms with Crippen LogP contribution in [0.3, 0.4) is 0 Å². The zero-order valence-electron chi connectivity index (χ0n) is 12.4. The van der Waals surface area contributed by atoms with Gasteiger partial charge >= 0.3 is 0 Å². The van der Waals surface area contributed by atoms with Crippen LogP contribution in [0, 0.1) is 6.92 Å². The number of carbonyl (C=O) groups excluding carboxylic acids is 1. The van der Waals surface area contributed by atoms with Crippen molar-refractivity contribution in [3.8, 4) is 0 Å². The lowest BCUT2D eigenvalue weighted by Gasteiger charge is -2.03. The zero-order chi connectivity index (χ0) is 16.3. The number of nitrogens with one attached hydrogen (secondary N) is 1. The fourth-order valence-electron chi connectivity index (χ4n) is 1.96. The molecule has 1 amide bonds. The highest BCUT2D eigenvalue weighted by molar-refractivity contribution is 7.90. The molecule has 2 rings (SSSR count). The maximum Gasteiger partial charge on any atom is 0.223 e. The van der Waals surface area contributed by atoms with Gasteiger partial charge in [-0.15, -0.1) is 11.3 Å². The number of rotatable bonds is 5. The number of amides is 1. The topological polar surface area (TPSA) is 76.1 Å². The third-order valence-electron chi connectivity index (χ3n) is 3.01. The van der Waals surface area contributed by atoms with E-state index in [0.717, 1.165) is 16.1 Å². The van der Waals surface area contributed by atoms with Gasteiger partial charge in [0.25, 0.3) is 0 Å². The van der Waals surface area contributed by atoms with Gasteiger partial charge in [0.05, 0.1) is 10.6 Å². The highest BCUT2D eigenvalue weighted by atomic mass is 32.2. The largest absolute Gasteiger partial charge is 0.302 e. The molecule has 1 aromatic carbocycles. The Labute approximate surface area is 134 Å². The van der Waals surface area contributed by atoms with Crippen molar-refractivity contribution in [3.63, 3.8) is 0 Å². The van der Waals surface area contributed by atoms with Gasteiger partial charge in [-0.3, -0.25) is 4.79 Å². The molecule has 0 unspecified atom stereocenters. The Hall–Kier alpha value is -1.73. The van der Waals surface area contributed by atoms with E-state index in [9.17, 15) is 13.2 Å². The number of aromatic nitrogens is 1. The van der Waals surface area contributed by atoms with E-state index in [2.05, 4.69) is 17.2 Å². The molecule has 0 aliphatic carbocycles. The summed E-state index contributed by atoms with van der Waals surface area (Å²) in [6, 6.07) is 6.79. The second kappa shape index (κ2) is 6.58. The molecule has 0 aliphatic rings. The van der Waals surface area contributed by atoms with E-state index < -0.39 is 9.84 Å². The first-order valence-corrected chi connectivity index (χ1v) is 9.35. The summed E-state index contributed by atoms with van der Waals surface area (Å²) < 4.78 is 22.9. The standard InChI is InChI=1S/C15H17N2O3S2/c1-4-13-14(21-15(17-13)16-10(2)18)9-11-5-7-12(8-6-11)22(3,19)20/h5-8H,1,4,9H2,2-3H3,(H,16,17,18). The van der Waals surface area contributed by atoms with Gasteiger partial charge in [-0.2, -0.15) is 0 Å². The molecule has 117 valence electrons. The van der Waals surface area contributed by atoms with Crippen molar-refractivity contribution in [1.82, 2.24) is 4.98 Å². The molecule has 1 radical (unpaired) electrons. The van der Waals surface area contributed by atoms with Crippen molar-refractivity contribution in [3.05, 3.63) is 47.3 Å². The van der Waals surface area contributed by atoms with Crippen LogP contribution in [0.15, 0.2) is 29.2 Å². The average Bonchev–Trinajstić information content (AvgIpc) is 2.79. The summed E-state index contributed by atoms with van der Waals surface area (Å²) >= 11 is 1.42. The number of carbonyl (C=O) groups is 1. The van der Waals surface area contributed by atoms with Gasteiger partial charge in [-0.05, 0) is 31.0 Å². The first-order valence-electron chi connectivity index (χ1n) is 6.64. The molecule has 7 heteroatoms. The molecule has 0 spiro atoms. The maximum atomic E-state index is 11.5. The quantitative estimate of drug-likeness (QED) is 0.909. The van der Waals surface area contributed by atoms with Gasteiger partial charge in [0, 0.05) is 24.5 Å². The van der Waals surface area contributed by atoms with E-state index in [0.29, 0.717) is 22.9 Å². The first kappa shape index (κ1) is 16.6. The second-order valence-electron chi connectivity index (χ2n) is 4.91. The molecular weight excluding hydrogens is 320 g/mol. The molecule has 0 atom stereocenters. The monoisotopic (exact) mass is 337 g/mol. The minimum atomic E-state index is -3.18. The SMILES string of the molecule is [CH2]Cc1nc(NC(C)=O)sc1Cc1ccc(S(C)(=O)=O)cc1. The van der Waals surface area contributed by atoms with Crippen LogP contribution in [0.4, 0.5) is 5.13 Å². The van der Waals surface area contributed by atoms with Gasteiger partial charge in [0.15, 0.2) is 15.0 Å². The lowest BCUT2D eigenvalue weighted by atomic mass is 10.1. The third kappa shape index (κ3) is 4.14. The molecular formula is C15H17N2O3S2. The summed E-state index contributed by atoms with van der Waals surface area (Å²) in [5.74, 6) is -0.159. The number of thiazole rings is 1. The summed E-state index contributed by atoms with van der Waals surface area (Å²) in [4.78, 5) is 16.8. The van der Waals surface area contributed by atoms with Crippen molar-refractivity contribution in [2.45, 2.75) is 24.7 Å². The highest BCUT2D eigenvalue weighted by Gasteiger charge is 2.12. The Morgan fingerprint density at radius 2 is 1.95 bits per heavy atom. The predicted octanol–water partition coefficient (Wildman–Crippen LogP) is 2.47. The molecule has 1 N–H and O–H groups in total. The zero-order valence-corrected chi connectivity index (χ0v) is 14.1. The van der Waals surface area contributed by atoms with E-state index in [1.807, 2.05) is 0 Å². The highest BCUT2D eigenvalue weighted by Crippen LogP contribution is 2.26. The van der Waals surface area contributed by atoms with E-state index in [1.165, 1.54) is 24.5 Å². The van der Waals surface area contributed by atoms with Crippen LogP contribution in [-0.2, 0) is 27.5 Å². The Morgan fingerprint density at radius 3 is 2.45 bits per heavy atom. The molecule has 0 bridgehead atoms. The minimum absolute atomic E-state index is 0.159. The van der Waals surface area contributed by atoms with Gasteiger partial charge in [0.2, 0.25) is 5.91 Å². The van der Waals surface area contributed by atoms with Crippen LogP contribution in [0.1, 0.15) is 23.1 Å². The molecule has 1 aromatic heterocycles. The normalized spacial score (nSPS) is 11.4. The van der Waals surface area contributed by atoms with Crippen LogP contribution in [0.2, 0.25) is 0 Å². The van der Waals surface area contributed by atoms with Crippen LogP contribution < -0.4 is 5.32 Å². The van der Waals surface area contributed by atoms with Crippen LogP contribution in [-0.4, -0.2) is 25.6 Å². The van der Waals surface area contributed by atoms with Crippen molar-refractivity contribution in [1.29, 1.82) is 0 Å². The Bertz CT molecular complexity index is 778. The molecule has 0 aliphatic heterocycles. The first-order chi connectivity index (χ1) is 10.3. The summed E-state index contributed by atoms with van der Waals surface area (Å²) in [5, 5.41) is 3.24. The van der Waals surface area contributed by atoms with Gasteiger partial charge < -0.3 is 5.32 Å². The third-order valence-corrected chi connectivity index (χ3v) is 5.16. The van der Waals surface area contributed by atoms with Crippen LogP contribution >= 0.6 is 11.3 Å². The van der Waals surface area contributed by atoms with Gasteiger partial charge in [0.1, 0.15) is 0 Å². The van der Waals surface area contributed by atoms with Crippen molar-refractivity contribution < 1.29 is 13.2 Å². The molecule has 0 fully saturated rings. The summed E-state index contributed by atoms with van der Waals surface area (Å²) in [5.41, 5.74) is 1.83. The number of hydrogen-bond acceptors (Lipinski definition) is 5. The maximum absolute atomic E-state index is 11.5. The minimum Gasteiger partial charge on any atom is -0.302 e. The smallest absolute Gasteiger partial charge is 0.223 e. The summed E-state index contributed by atoms with van der Waals surface area (Å²) in [6.45, 7) is 5.29. The predicted molar refractivity (Wildman–Crippen MR) is 87.8 cm³/mol. The number of nitrogens with zero attached hydrogens (tertiary/aromatic N) is 1. The fourth-order valence-corrected chi connectivity index (χ4v) is 3.68. The Morgan fingerprint density at radius 1 is 1.32 bits per heavy atom. The van der Waals surface area contributed by atoms with Crippen molar-refractivity contribution in [2.24, 2.45) is 0 Å². The number of benzene rings is 1. The second-order valence-corrected chi connectivity index (χ2v) is 8.01. The van der Waals surface area contributed by atoms with E-state index >= 15 is 0 Å². The Balaban J connectivity index is 2.23. The van der Waals surface area contributed by atoms with Crippen LogP contribution in [0.25, 0.3) is 0 Å². The fraction of sp³-hybridized carbons (Fsp3) is 0.267. The van der Waals surface area contributed by atoms with E-state index in [1.54, 1.807) is 24.3 Å². The average molecular weight is 337 g/mol. The molecule has 22 heavy (non-hydrogen) atoms. The lowest BCUT2D eigenvalue weighted by Crippen LogP contribution is -2.05. The Kier molecular flexibility index (Phi) is 4.97. The summed E-state index contributed by atoms with van der Waals surface area (Å²) in [7, 11) is -3.18.